The average molecular weight is 1430 g/mol. The first-order chi connectivity index (χ1) is 46.3. The number of rotatable bonds is 24. The normalized spacial score (nSPS) is 48.7. The van der Waals surface area contributed by atoms with E-state index in [-0.39, 0.29) is 0 Å². The molecule has 0 bridgehead atoms. The lowest BCUT2D eigenvalue weighted by Gasteiger charge is -2.52. The van der Waals surface area contributed by atoms with Crippen molar-refractivity contribution in [2.75, 3.05) is 46.2 Å². The Morgan fingerprint density at radius 3 is 1.15 bits per heavy atom. The minimum atomic E-state index is -2.33. The number of aliphatic hydroxyl groups is 20. The summed E-state index contributed by atoms with van der Waals surface area (Å²) in [5.41, 5.74) is 0. The third-order valence-corrected chi connectivity index (χ3v) is 17.8. The third-order valence-electron chi connectivity index (χ3n) is 17.8. The highest BCUT2D eigenvalue weighted by Gasteiger charge is 2.61. The number of hydrogen-bond acceptors (Lipinski definition) is 39. The summed E-state index contributed by atoms with van der Waals surface area (Å²) in [6, 6.07) is -7.15. The molecular weight excluding hydrogens is 1340 g/mol. The van der Waals surface area contributed by atoms with Gasteiger partial charge < -0.3 is 194 Å². The minimum Gasteiger partial charge on any atom is -0.394 e. The molecule has 8 heterocycles. The van der Waals surface area contributed by atoms with Crippen LogP contribution in [0.25, 0.3) is 0 Å². The lowest BCUT2D eigenvalue weighted by Crippen LogP contribution is -2.72. The zero-order valence-electron chi connectivity index (χ0n) is 53.2. The van der Waals surface area contributed by atoms with Crippen LogP contribution in [0.4, 0.5) is 0 Å². The standard InChI is InChI=1S/C55H92N4O39/c1-13-29(71)37(79)40(82)53(85-13)95-44-28(59-17(5)69)48(83)86-24(11-65)43(44)94-50-26(57-15(3)67)36(78)42(23(10-64)90-50)93-55-47(98-52-39(81)30(72)18(70)12-84-52)45(33(75)21(8-62)89-55)96-54-46(38(80)32(74)20(7-61)88-54)97-51-27(58-16(4)68)35(77)41(22(9-63)91-51)92-49-25(56-14(2)66)34(76)31(73)19(6-60)87-49/h13,18-55,60-65,70-83H,6-12H2,1-5H3,(H,56,66)(H,57,67)(H,58,68)(H,59,69)/t13-,18+,19+,20+,21+,22+,23+,24+,25+,26+,27+,28+,29+,30-,31-,32+,33+,34+,35+,36+,37+,38-,39+,40-,41+,42+,43+,44+,45-,46-,47-,48+,49-,50-,51-,52-,53-,54+,55-/m0/s1. The van der Waals surface area contributed by atoms with E-state index in [0.717, 1.165) is 27.7 Å². The van der Waals surface area contributed by atoms with Gasteiger partial charge in [0.1, 0.15) is 183 Å². The summed E-state index contributed by atoms with van der Waals surface area (Å²) < 4.78 is 90.1. The number of aliphatic hydroxyl groups excluding tert-OH is 20. The molecule has 43 heteroatoms. The van der Waals surface area contributed by atoms with Crippen molar-refractivity contribution in [3.63, 3.8) is 0 Å². The summed E-state index contributed by atoms with van der Waals surface area (Å²) >= 11 is 0. The van der Waals surface area contributed by atoms with Crippen LogP contribution in [0.2, 0.25) is 0 Å². The third kappa shape index (κ3) is 17.6. The molecule has 39 atom stereocenters. The van der Waals surface area contributed by atoms with Crippen molar-refractivity contribution in [2.24, 2.45) is 0 Å². The number of carbonyl (C=O) groups excluding carboxylic acids is 4. The summed E-state index contributed by atoms with van der Waals surface area (Å²) in [6.45, 7) is -2.00. The van der Waals surface area contributed by atoms with E-state index >= 15 is 0 Å². The SMILES string of the molecule is CC(=O)N[C@@H]1[C@@H](O[C@@H]2O[C@@H](C)[C@@H](O)[C@@H](O)[C@@H]2O)[C@H](O[C@@H]2O[C@H](CO)[C@@H](O[C@@H]3O[C@H](CO)[C@@H](O)[C@H](O[C@H]4O[C@H](CO)[C@@H](O)[C@H](O)[C@@H]4O[C@@H]4O[C@H](CO)[C@@H](O[C@@H]5O[C@H](CO)[C@H](O)[C@H](O)[C@H]5NC(C)=O)[C@H](O)[C@H]4NC(C)=O)[C@@H]3O[C@@H]3OC[C@@H](O)[C@H](O)[C@H]3O)[C@H](O)[C@H]2NC(C)=O)[C@@H](CO)O[C@H]1O. The molecule has 8 saturated heterocycles. The van der Waals surface area contributed by atoms with Crippen LogP contribution in [0.15, 0.2) is 0 Å². The summed E-state index contributed by atoms with van der Waals surface area (Å²) in [5, 5.41) is 231. The molecule has 8 aliphatic heterocycles. The summed E-state index contributed by atoms with van der Waals surface area (Å²) in [7, 11) is 0. The van der Waals surface area contributed by atoms with E-state index in [0.29, 0.717) is 0 Å². The molecule has 0 aromatic rings. The zero-order valence-corrected chi connectivity index (χ0v) is 53.2. The van der Waals surface area contributed by atoms with E-state index in [1.165, 1.54) is 6.92 Å². The van der Waals surface area contributed by atoms with Gasteiger partial charge in [-0.15, -0.1) is 0 Å². The monoisotopic (exact) mass is 1430 g/mol. The molecule has 24 N–H and O–H groups in total. The summed E-state index contributed by atoms with van der Waals surface area (Å²) in [5.74, 6) is -3.44. The van der Waals surface area contributed by atoms with Gasteiger partial charge >= 0.3 is 0 Å². The van der Waals surface area contributed by atoms with Crippen LogP contribution in [0.1, 0.15) is 34.6 Å². The van der Waals surface area contributed by atoms with Crippen molar-refractivity contribution >= 4 is 23.6 Å². The van der Waals surface area contributed by atoms with Crippen molar-refractivity contribution in [3.8, 4) is 0 Å². The molecular formula is C55H92N4O39. The summed E-state index contributed by atoms with van der Waals surface area (Å²) in [6.07, 6.45) is -69.5. The van der Waals surface area contributed by atoms with Crippen molar-refractivity contribution in [3.05, 3.63) is 0 Å². The van der Waals surface area contributed by atoms with Crippen molar-refractivity contribution in [1.82, 2.24) is 21.3 Å². The van der Waals surface area contributed by atoms with Gasteiger partial charge in [-0.2, -0.15) is 0 Å². The number of amides is 4. The van der Waals surface area contributed by atoms with E-state index < -0.39 is 309 Å². The largest absolute Gasteiger partial charge is 0.394 e. The number of hydrogen-bond donors (Lipinski definition) is 24. The topological polar surface area (TPSA) is 659 Å². The maximum atomic E-state index is 13.1. The van der Waals surface area contributed by atoms with E-state index in [4.69, 9.17) is 71.1 Å². The Kier molecular flexibility index (Phi) is 28.5. The molecule has 0 spiro atoms. The average Bonchev–Trinajstić information content (AvgIpc) is 0.770. The maximum Gasteiger partial charge on any atom is 0.217 e. The molecule has 0 unspecified atom stereocenters. The highest BCUT2D eigenvalue weighted by Crippen LogP contribution is 2.40. The highest BCUT2D eigenvalue weighted by atomic mass is 16.8. The van der Waals surface area contributed by atoms with Gasteiger partial charge in [-0.05, 0) is 6.92 Å². The van der Waals surface area contributed by atoms with E-state index in [2.05, 4.69) is 21.3 Å². The van der Waals surface area contributed by atoms with Gasteiger partial charge in [0.15, 0.2) is 50.3 Å². The first-order valence-electron chi connectivity index (χ1n) is 31.4. The van der Waals surface area contributed by atoms with E-state index in [1.54, 1.807) is 0 Å². The Labute approximate surface area is 556 Å². The first-order valence-corrected chi connectivity index (χ1v) is 31.4. The molecule has 98 heavy (non-hydrogen) atoms. The molecule has 0 aromatic heterocycles. The Bertz CT molecular complexity index is 2570. The van der Waals surface area contributed by atoms with Crippen molar-refractivity contribution in [2.45, 2.75) is 274 Å². The number of ether oxygens (including phenoxy) is 15. The second-order valence-corrected chi connectivity index (χ2v) is 24.9. The fourth-order valence-electron chi connectivity index (χ4n) is 12.7. The maximum absolute atomic E-state index is 13.1. The van der Waals surface area contributed by atoms with Gasteiger partial charge in [0.05, 0.1) is 52.4 Å². The van der Waals surface area contributed by atoms with Gasteiger partial charge in [0, 0.05) is 27.7 Å². The van der Waals surface area contributed by atoms with Gasteiger partial charge in [0.2, 0.25) is 23.6 Å². The van der Waals surface area contributed by atoms with Crippen molar-refractivity contribution < 1.29 is 192 Å². The van der Waals surface area contributed by atoms with Crippen LogP contribution in [0.3, 0.4) is 0 Å². The molecule has 8 rings (SSSR count). The predicted octanol–water partition coefficient (Wildman–Crippen LogP) is -16.2. The van der Waals surface area contributed by atoms with Gasteiger partial charge in [-0.3, -0.25) is 19.2 Å². The predicted molar refractivity (Wildman–Crippen MR) is 303 cm³/mol. The van der Waals surface area contributed by atoms with Crippen molar-refractivity contribution in [1.29, 1.82) is 0 Å². The van der Waals surface area contributed by atoms with Crippen LogP contribution in [-0.4, -0.2) is 411 Å². The molecule has 43 nitrogen and oxygen atoms in total. The van der Waals surface area contributed by atoms with Crippen LogP contribution >= 0.6 is 0 Å². The van der Waals surface area contributed by atoms with Crippen LogP contribution in [-0.2, 0) is 90.2 Å². The minimum absolute atomic E-state index is 0.764. The number of nitrogens with one attached hydrogen (secondary N) is 4. The fourth-order valence-corrected chi connectivity index (χ4v) is 12.7. The second-order valence-electron chi connectivity index (χ2n) is 24.9. The molecule has 0 radical (unpaired) electrons. The molecule has 0 saturated carbocycles. The van der Waals surface area contributed by atoms with E-state index in [9.17, 15) is 121 Å². The second kappa shape index (κ2) is 34.8. The first kappa shape index (κ1) is 80.2. The Morgan fingerprint density at radius 2 is 0.663 bits per heavy atom. The molecule has 8 aliphatic rings. The summed E-state index contributed by atoms with van der Waals surface area (Å²) in [4.78, 5) is 50.9. The van der Waals surface area contributed by atoms with Crippen LogP contribution < -0.4 is 21.3 Å². The molecule has 0 aromatic carbocycles. The van der Waals surface area contributed by atoms with Crippen LogP contribution in [0, 0.1) is 0 Å². The van der Waals surface area contributed by atoms with Crippen LogP contribution in [0.5, 0.6) is 0 Å². The molecule has 566 valence electrons. The zero-order chi connectivity index (χ0) is 72.2. The Morgan fingerprint density at radius 1 is 0.306 bits per heavy atom. The molecule has 4 amide bonds. The Balaban J connectivity index is 1.13. The van der Waals surface area contributed by atoms with Gasteiger partial charge in [-0.1, -0.05) is 0 Å². The molecule has 0 aliphatic carbocycles. The number of carbonyl (C=O) groups is 4. The van der Waals surface area contributed by atoms with Gasteiger partial charge in [0.25, 0.3) is 0 Å². The molecule has 8 fully saturated rings. The highest BCUT2D eigenvalue weighted by molar-refractivity contribution is 5.74. The van der Waals surface area contributed by atoms with E-state index in [1.807, 2.05) is 0 Å². The smallest absolute Gasteiger partial charge is 0.217 e. The lowest BCUT2D eigenvalue weighted by molar-refractivity contribution is -0.409. The Hall–Kier alpha value is -3.52. The lowest BCUT2D eigenvalue weighted by atomic mass is 9.93. The quantitative estimate of drug-likeness (QED) is 0.0427. The van der Waals surface area contributed by atoms with Gasteiger partial charge in [-0.25, -0.2) is 0 Å². The fraction of sp³-hybridized carbons (Fsp3) is 0.927.